The zero-order valence-corrected chi connectivity index (χ0v) is 10.2. The number of carbonyl (C=O) groups is 2. The summed E-state index contributed by atoms with van der Waals surface area (Å²) in [5.41, 5.74) is -0.572. The fourth-order valence-electron chi connectivity index (χ4n) is 2.14. The van der Waals surface area contributed by atoms with Crippen LogP contribution in [-0.2, 0) is 9.59 Å². The number of aliphatic carboxylic acids is 1. The van der Waals surface area contributed by atoms with Crippen LogP contribution in [0.15, 0.2) is 12.7 Å². The lowest BCUT2D eigenvalue weighted by Gasteiger charge is -2.42. The van der Waals surface area contributed by atoms with Gasteiger partial charge in [0, 0.05) is 0 Å². The number of carbonyl (C=O) groups excluding carboxylic acids is 1. The average Bonchev–Trinajstić information content (AvgIpc) is 2.77. The number of nitrogens with zero attached hydrogens (tertiary/aromatic N) is 3. The Hall–Kier alpha value is -1.92. The van der Waals surface area contributed by atoms with E-state index in [4.69, 9.17) is 5.11 Å². The molecule has 1 saturated carbocycles. The van der Waals surface area contributed by atoms with Crippen LogP contribution in [0.5, 0.6) is 0 Å². The summed E-state index contributed by atoms with van der Waals surface area (Å²) in [6.45, 7) is 1.71. The Balaban J connectivity index is 1.99. The fraction of sp³-hybridized carbons (Fsp3) is 0.636. The van der Waals surface area contributed by atoms with Gasteiger partial charge in [0.05, 0.1) is 12.0 Å². The van der Waals surface area contributed by atoms with Crippen molar-refractivity contribution in [2.45, 2.75) is 44.2 Å². The lowest BCUT2D eigenvalue weighted by Crippen LogP contribution is -2.56. The van der Waals surface area contributed by atoms with Gasteiger partial charge in [-0.15, -0.1) is 0 Å². The second-order valence-corrected chi connectivity index (χ2v) is 4.75. The molecule has 1 aliphatic carbocycles. The summed E-state index contributed by atoms with van der Waals surface area (Å²) in [5, 5.41) is 15.6. The summed E-state index contributed by atoms with van der Waals surface area (Å²) in [6, 6.07) is -0.487. The topological polar surface area (TPSA) is 97.1 Å². The van der Waals surface area contributed by atoms with Gasteiger partial charge < -0.3 is 10.4 Å². The summed E-state index contributed by atoms with van der Waals surface area (Å²) in [4.78, 5) is 26.6. The molecule has 98 valence electrons. The van der Waals surface area contributed by atoms with Gasteiger partial charge in [-0.25, -0.2) is 9.67 Å². The van der Waals surface area contributed by atoms with Crippen LogP contribution in [0.1, 0.15) is 38.6 Å². The summed E-state index contributed by atoms with van der Waals surface area (Å²) in [7, 11) is 0. The first kappa shape index (κ1) is 12.5. The van der Waals surface area contributed by atoms with E-state index in [1.807, 2.05) is 0 Å². The Labute approximate surface area is 104 Å². The molecule has 1 aromatic heterocycles. The molecule has 2 N–H and O–H groups in total. The number of carboxylic acids is 1. The zero-order valence-electron chi connectivity index (χ0n) is 10.2. The summed E-state index contributed by atoms with van der Waals surface area (Å²) >= 11 is 0. The van der Waals surface area contributed by atoms with E-state index < -0.39 is 17.6 Å². The van der Waals surface area contributed by atoms with Gasteiger partial charge in [-0.1, -0.05) is 0 Å². The van der Waals surface area contributed by atoms with E-state index in [1.54, 1.807) is 6.92 Å². The van der Waals surface area contributed by atoms with Crippen molar-refractivity contribution in [3.05, 3.63) is 12.7 Å². The Bertz CT molecular complexity index is 439. The standard InChI is InChI=1S/C11H16N4O3/c1-8(15-7-12-6-13-15)10(18)14-11(3-2-4-11)5-9(16)17/h6-8H,2-5H2,1H3,(H,14,18)(H,16,17). The lowest BCUT2D eigenvalue weighted by atomic mass is 9.74. The SMILES string of the molecule is CC(C(=O)NC1(CC(=O)O)CCC1)n1cncn1. The molecule has 7 heteroatoms. The van der Waals surface area contributed by atoms with Crippen molar-refractivity contribution in [2.24, 2.45) is 0 Å². The van der Waals surface area contributed by atoms with Crippen LogP contribution in [0.4, 0.5) is 0 Å². The molecule has 2 rings (SSSR count). The maximum absolute atomic E-state index is 12.0. The first-order valence-electron chi connectivity index (χ1n) is 5.90. The van der Waals surface area contributed by atoms with Crippen molar-refractivity contribution in [3.63, 3.8) is 0 Å². The van der Waals surface area contributed by atoms with E-state index in [0.717, 1.165) is 19.3 Å². The number of carboxylic acid groups (broad SMARTS) is 1. The Morgan fingerprint density at radius 2 is 2.28 bits per heavy atom. The average molecular weight is 252 g/mol. The predicted octanol–water partition coefficient (Wildman–Crippen LogP) is 0.353. The number of hydrogen-bond acceptors (Lipinski definition) is 4. The first-order valence-corrected chi connectivity index (χ1v) is 5.90. The van der Waals surface area contributed by atoms with Gasteiger partial charge in [0.1, 0.15) is 18.7 Å². The lowest BCUT2D eigenvalue weighted by molar-refractivity contribution is -0.140. The molecule has 1 amide bonds. The minimum atomic E-state index is -0.886. The van der Waals surface area contributed by atoms with Crippen molar-refractivity contribution in [3.8, 4) is 0 Å². The van der Waals surface area contributed by atoms with Crippen LogP contribution in [0.2, 0.25) is 0 Å². The highest BCUT2D eigenvalue weighted by molar-refractivity contribution is 5.81. The quantitative estimate of drug-likeness (QED) is 0.788. The first-order chi connectivity index (χ1) is 8.52. The largest absolute Gasteiger partial charge is 0.481 e. The third-order valence-corrected chi connectivity index (χ3v) is 3.40. The van der Waals surface area contributed by atoms with E-state index >= 15 is 0 Å². The van der Waals surface area contributed by atoms with Crippen molar-refractivity contribution in [1.29, 1.82) is 0 Å². The molecule has 1 heterocycles. The molecule has 0 radical (unpaired) electrons. The highest BCUT2D eigenvalue weighted by Gasteiger charge is 2.41. The van der Waals surface area contributed by atoms with Gasteiger partial charge in [-0.2, -0.15) is 5.10 Å². The summed E-state index contributed by atoms with van der Waals surface area (Å²) in [6.07, 6.45) is 5.19. The minimum absolute atomic E-state index is 0.0250. The second-order valence-electron chi connectivity index (χ2n) is 4.75. The van der Waals surface area contributed by atoms with Crippen molar-refractivity contribution >= 4 is 11.9 Å². The number of aromatic nitrogens is 3. The molecule has 0 aliphatic heterocycles. The molecular weight excluding hydrogens is 236 g/mol. The number of rotatable bonds is 5. The molecule has 0 spiro atoms. The van der Waals surface area contributed by atoms with Gasteiger partial charge in [0.15, 0.2) is 0 Å². The maximum Gasteiger partial charge on any atom is 0.305 e. The normalized spacial score (nSPS) is 18.7. The molecule has 1 aliphatic rings. The van der Waals surface area contributed by atoms with E-state index in [0.29, 0.717) is 0 Å². The molecule has 18 heavy (non-hydrogen) atoms. The molecule has 0 aromatic carbocycles. The van der Waals surface area contributed by atoms with E-state index in [2.05, 4.69) is 15.4 Å². The predicted molar refractivity (Wildman–Crippen MR) is 61.7 cm³/mol. The molecule has 0 saturated heterocycles. The van der Waals surface area contributed by atoms with Crippen LogP contribution in [0.25, 0.3) is 0 Å². The highest BCUT2D eigenvalue weighted by atomic mass is 16.4. The second kappa shape index (κ2) is 4.75. The molecule has 0 bridgehead atoms. The number of hydrogen-bond donors (Lipinski definition) is 2. The summed E-state index contributed by atoms with van der Waals surface area (Å²) < 4.78 is 1.45. The zero-order chi connectivity index (χ0) is 13.2. The van der Waals surface area contributed by atoms with Gasteiger partial charge in [-0.05, 0) is 26.2 Å². The van der Waals surface area contributed by atoms with Crippen molar-refractivity contribution in [1.82, 2.24) is 20.1 Å². The van der Waals surface area contributed by atoms with E-state index in [-0.39, 0.29) is 12.3 Å². The highest BCUT2D eigenvalue weighted by Crippen LogP contribution is 2.35. The Kier molecular flexibility index (Phi) is 3.31. The minimum Gasteiger partial charge on any atom is -0.481 e. The van der Waals surface area contributed by atoms with Crippen molar-refractivity contribution < 1.29 is 14.7 Å². The monoisotopic (exact) mass is 252 g/mol. The molecule has 7 nitrogen and oxygen atoms in total. The van der Waals surface area contributed by atoms with Gasteiger partial charge in [0.2, 0.25) is 5.91 Å². The Morgan fingerprint density at radius 1 is 1.56 bits per heavy atom. The Morgan fingerprint density at radius 3 is 2.72 bits per heavy atom. The number of nitrogens with one attached hydrogen (secondary N) is 1. The molecule has 1 atom stereocenters. The smallest absolute Gasteiger partial charge is 0.305 e. The van der Waals surface area contributed by atoms with E-state index in [1.165, 1.54) is 17.3 Å². The van der Waals surface area contributed by atoms with Gasteiger partial charge in [-0.3, -0.25) is 9.59 Å². The van der Waals surface area contributed by atoms with Crippen LogP contribution >= 0.6 is 0 Å². The third-order valence-electron chi connectivity index (χ3n) is 3.40. The maximum atomic E-state index is 12.0. The molecule has 1 aromatic rings. The number of amides is 1. The van der Waals surface area contributed by atoms with Crippen LogP contribution in [0.3, 0.4) is 0 Å². The van der Waals surface area contributed by atoms with Crippen LogP contribution in [-0.4, -0.2) is 37.3 Å². The molecule has 1 fully saturated rings. The van der Waals surface area contributed by atoms with Crippen LogP contribution in [0, 0.1) is 0 Å². The van der Waals surface area contributed by atoms with Crippen molar-refractivity contribution in [2.75, 3.05) is 0 Å². The fourth-order valence-corrected chi connectivity index (χ4v) is 2.14. The molecular formula is C11H16N4O3. The summed E-state index contributed by atoms with van der Waals surface area (Å²) in [5.74, 6) is -1.11. The van der Waals surface area contributed by atoms with E-state index in [9.17, 15) is 9.59 Å². The van der Waals surface area contributed by atoms with Gasteiger partial charge in [0.25, 0.3) is 0 Å². The molecule has 1 unspecified atom stereocenters. The van der Waals surface area contributed by atoms with Gasteiger partial charge >= 0.3 is 5.97 Å². The van der Waals surface area contributed by atoms with Crippen LogP contribution < -0.4 is 5.32 Å². The third kappa shape index (κ3) is 2.49.